The molecule has 1 aromatic heterocycles. The molecule has 0 saturated heterocycles. The molecule has 2 rings (SSSR count). The van der Waals surface area contributed by atoms with Gasteiger partial charge in [0.1, 0.15) is 0 Å². The third kappa shape index (κ3) is 6.34. The standard InChI is InChI=1S/C19H28N4S/c1-15(16-8-5-4-6-9-16)23-19(2,3)14-22-18(20)21-12-11-17-10-7-13-24-17/h4-10,13,15,23H,11-12,14H2,1-3H3,(H3,20,21,22). The van der Waals surface area contributed by atoms with Gasteiger partial charge in [0, 0.05) is 23.0 Å². The Morgan fingerprint density at radius 2 is 1.96 bits per heavy atom. The Morgan fingerprint density at radius 3 is 2.62 bits per heavy atom. The van der Waals surface area contributed by atoms with Gasteiger partial charge in [-0.1, -0.05) is 36.4 Å². The summed E-state index contributed by atoms with van der Waals surface area (Å²) in [5, 5.41) is 8.89. The zero-order valence-corrected chi connectivity index (χ0v) is 15.6. The van der Waals surface area contributed by atoms with Crippen LogP contribution in [0.25, 0.3) is 0 Å². The number of nitrogens with one attached hydrogen (secondary N) is 2. The van der Waals surface area contributed by atoms with E-state index >= 15 is 0 Å². The highest BCUT2D eigenvalue weighted by molar-refractivity contribution is 7.09. The summed E-state index contributed by atoms with van der Waals surface area (Å²) in [7, 11) is 0. The maximum absolute atomic E-state index is 5.98. The first-order valence-corrected chi connectivity index (χ1v) is 9.23. The highest BCUT2D eigenvalue weighted by Gasteiger charge is 2.20. The van der Waals surface area contributed by atoms with Gasteiger partial charge in [0.25, 0.3) is 0 Å². The number of guanidine groups is 1. The molecule has 0 aliphatic heterocycles. The van der Waals surface area contributed by atoms with E-state index in [2.05, 4.69) is 78.2 Å². The van der Waals surface area contributed by atoms with E-state index in [-0.39, 0.29) is 11.6 Å². The van der Waals surface area contributed by atoms with Crippen LogP contribution in [-0.2, 0) is 6.42 Å². The van der Waals surface area contributed by atoms with Crippen molar-refractivity contribution in [2.24, 2.45) is 10.7 Å². The largest absolute Gasteiger partial charge is 0.370 e. The number of thiophene rings is 1. The van der Waals surface area contributed by atoms with Crippen LogP contribution in [0.4, 0.5) is 0 Å². The molecule has 5 heteroatoms. The van der Waals surface area contributed by atoms with Crippen LogP contribution in [0.3, 0.4) is 0 Å². The normalized spacial score (nSPS) is 13.7. The van der Waals surface area contributed by atoms with Gasteiger partial charge < -0.3 is 16.4 Å². The molecule has 24 heavy (non-hydrogen) atoms. The predicted molar refractivity (Wildman–Crippen MR) is 105 cm³/mol. The molecule has 1 unspecified atom stereocenters. The average Bonchev–Trinajstić information content (AvgIpc) is 3.07. The molecular weight excluding hydrogens is 316 g/mol. The number of rotatable bonds is 8. The first kappa shape index (κ1) is 18.5. The highest BCUT2D eigenvalue weighted by Crippen LogP contribution is 2.16. The van der Waals surface area contributed by atoms with Crippen LogP contribution in [-0.4, -0.2) is 24.6 Å². The molecule has 0 aliphatic carbocycles. The Labute approximate surface area is 149 Å². The lowest BCUT2D eigenvalue weighted by molar-refractivity contribution is 0.357. The summed E-state index contributed by atoms with van der Waals surface area (Å²) in [5.74, 6) is 0.508. The first-order chi connectivity index (χ1) is 11.5. The fourth-order valence-electron chi connectivity index (χ4n) is 2.56. The summed E-state index contributed by atoms with van der Waals surface area (Å²) >= 11 is 1.77. The highest BCUT2D eigenvalue weighted by atomic mass is 32.1. The maximum atomic E-state index is 5.98. The number of nitrogens with two attached hydrogens (primary N) is 1. The van der Waals surface area contributed by atoms with Gasteiger partial charge in [0.2, 0.25) is 0 Å². The Kier molecular flexibility index (Phi) is 6.82. The summed E-state index contributed by atoms with van der Waals surface area (Å²) in [5.41, 5.74) is 7.12. The molecule has 0 aliphatic rings. The monoisotopic (exact) mass is 344 g/mol. The zero-order valence-electron chi connectivity index (χ0n) is 14.8. The summed E-state index contributed by atoms with van der Waals surface area (Å²) in [4.78, 5) is 5.84. The van der Waals surface area contributed by atoms with E-state index in [4.69, 9.17) is 5.73 Å². The number of hydrogen-bond acceptors (Lipinski definition) is 3. The predicted octanol–water partition coefficient (Wildman–Crippen LogP) is 3.32. The third-order valence-electron chi connectivity index (χ3n) is 3.81. The van der Waals surface area contributed by atoms with Crippen LogP contribution in [0.1, 0.15) is 37.3 Å². The SMILES string of the molecule is CC(NC(C)(C)CN=C(N)NCCc1cccs1)c1ccccc1. The molecule has 0 spiro atoms. The van der Waals surface area contributed by atoms with E-state index in [0.29, 0.717) is 12.5 Å². The minimum Gasteiger partial charge on any atom is -0.370 e. The molecule has 0 amide bonds. The van der Waals surface area contributed by atoms with Crippen molar-refractivity contribution >= 4 is 17.3 Å². The number of nitrogens with zero attached hydrogens (tertiary/aromatic N) is 1. The van der Waals surface area contributed by atoms with Crippen molar-refractivity contribution in [1.82, 2.24) is 10.6 Å². The minimum absolute atomic E-state index is 0.130. The van der Waals surface area contributed by atoms with E-state index in [9.17, 15) is 0 Å². The van der Waals surface area contributed by atoms with Crippen LogP contribution in [0.5, 0.6) is 0 Å². The fraction of sp³-hybridized carbons (Fsp3) is 0.421. The summed E-state index contributed by atoms with van der Waals surface area (Å²) in [6, 6.07) is 14.9. The summed E-state index contributed by atoms with van der Waals surface area (Å²) in [6.45, 7) is 7.90. The number of aliphatic imine (C=N–C) groups is 1. The fourth-order valence-corrected chi connectivity index (χ4v) is 3.27. The van der Waals surface area contributed by atoms with Gasteiger partial charge >= 0.3 is 0 Å². The quantitative estimate of drug-likeness (QED) is 0.508. The van der Waals surface area contributed by atoms with E-state index in [0.717, 1.165) is 13.0 Å². The maximum Gasteiger partial charge on any atom is 0.188 e. The number of hydrogen-bond donors (Lipinski definition) is 3. The zero-order chi connectivity index (χ0) is 17.4. The molecule has 1 aromatic carbocycles. The van der Waals surface area contributed by atoms with Crippen molar-refractivity contribution < 1.29 is 0 Å². The Hall–Kier alpha value is -1.85. The second-order valence-corrected chi connectivity index (χ2v) is 7.65. The van der Waals surface area contributed by atoms with Crippen molar-refractivity contribution in [3.8, 4) is 0 Å². The lowest BCUT2D eigenvalue weighted by atomic mass is 10.0. The van der Waals surface area contributed by atoms with Gasteiger partial charge in [0.15, 0.2) is 5.96 Å². The molecule has 130 valence electrons. The van der Waals surface area contributed by atoms with E-state index in [1.807, 2.05) is 6.07 Å². The van der Waals surface area contributed by atoms with E-state index < -0.39 is 0 Å². The number of benzene rings is 1. The van der Waals surface area contributed by atoms with Crippen molar-refractivity contribution in [2.75, 3.05) is 13.1 Å². The average molecular weight is 345 g/mol. The summed E-state index contributed by atoms with van der Waals surface area (Å²) in [6.07, 6.45) is 0.973. The van der Waals surface area contributed by atoms with Crippen molar-refractivity contribution in [1.29, 1.82) is 0 Å². The van der Waals surface area contributed by atoms with Crippen LogP contribution in [0, 0.1) is 0 Å². The van der Waals surface area contributed by atoms with E-state index in [1.165, 1.54) is 10.4 Å². The molecule has 1 heterocycles. The second-order valence-electron chi connectivity index (χ2n) is 6.62. The Balaban J connectivity index is 1.77. The lowest BCUT2D eigenvalue weighted by Gasteiger charge is -2.29. The van der Waals surface area contributed by atoms with Gasteiger partial charge in [-0.05, 0) is 44.2 Å². The minimum atomic E-state index is -0.130. The first-order valence-electron chi connectivity index (χ1n) is 8.35. The smallest absolute Gasteiger partial charge is 0.188 e. The molecule has 1 atom stereocenters. The van der Waals surface area contributed by atoms with E-state index in [1.54, 1.807) is 11.3 Å². The molecule has 0 bridgehead atoms. The molecule has 4 nitrogen and oxygen atoms in total. The second kappa shape index (κ2) is 8.85. The lowest BCUT2D eigenvalue weighted by Crippen LogP contribution is -2.44. The van der Waals surface area contributed by atoms with Crippen molar-refractivity contribution in [2.45, 2.75) is 38.8 Å². The third-order valence-corrected chi connectivity index (χ3v) is 4.75. The molecule has 0 radical (unpaired) electrons. The summed E-state index contributed by atoms with van der Waals surface area (Å²) < 4.78 is 0. The molecular formula is C19H28N4S. The van der Waals surface area contributed by atoms with Crippen LogP contribution in [0.2, 0.25) is 0 Å². The molecule has 0 fully saturated rings. The van der Waals surface area contributed by atoms with Gasteiger partial charge in [-0.2, -0.15) is 0 Å². The Bertz CT molecular complexity index is 620. The van der Waals surface area contributed by atoms with Gasteiger partial charge in [-0.25, -0.2) is 0 Å². The molecule has 2 aromatic rings. The molecule has 0 saturated carbocycles. The van der Waals surface area contributed by atoms with Crippen molar-refractivity contribution in [3.63, 3.8) is 0 Å². The van der Waals surface area contributed by atoms with Crippen LogP contribution < -0.4 is 16.4 Å². The van der Waals surface area contributed by atoms with Crippen LogP contribution in [0.15, 0.2) is 52.8 Å². The Morgan fingerprint density at radius 1 is 1.21 bits per heavy atom. The van der Waals surface area contributed by atoms with Crippen LogP contribution >= 0.6 is 11.3 Å². The molecule has 4 N–H and O–H groups in total. The van der Waals surface area contributed by atoms with Crippen molar-refractivity contribution in [3.05, 3.63) is 58.3 Å². The van der Waals surface area contributed by atoms with Gasteiger partial charge in [0.05, 0.1) is 6.54 Å². The van der Waals surface area contributed by atoms with Gasteiger partial charge in [-0.15, -0.1) is 11.3 Å². The topological polar surface area (TPSA) is 62.4 Å². The van der Waals surface area contributed by atoms with Gasteiger partial charge in [-0.3, -0.25) is 4.99 Å².